The van der Waals surface area contributed by atoms with E-state index >= 15 is 0 Å². The predicted octanol–water partition coefficient (Wildman–Crippen LogP) is -2.45. The number of ether oxygens (including phenoxy) is 1. The van der Waals surface area contributed by atoms with Gasteiger partial charge in [0.25, 0.3) is 0 Å². The number of carboxylic acid groups (broad SMARTS) is 1. The second-order valence-corrected chi connectivity index (χ2v) is 6.76. The van der Waals surface area contributed by atoms with Crippen LogP contribution < -0.4 is 18.9 Å². The number of aromatic carboxylic acids is 1. The Bertz CT molecular complexity index is 826. The quantitative estimate of drug-likeness (QED) is 0.567. The molecule has 2 aliphatic rings. The fourth-order valence-corrected chi connectivity index (χ4v) is 3.78. The van der Waals surface area contributed by atoms with Gasteiger partial charge in [0.2, 0.25) is 0 Å². The molecule has 1 saturated heterocycles. The molecule has 2 aromatic heterocycles. The van der Waals surface area contributed by atoms with Crippen LogP contribution >= 0.6 is 0 Å². The topological polar surface area (TPSA) is 101 Å². The second kappa shape index (κ2) is 8.55. The molecule has 0 radical (unpaired) electrons. The fourth-order valence-electron chi connectivity index (χ4n) is 3.78. The Hall–Kier alpha value is -1.69. The number of carbonyl (C=O) groups is 1. The number of aliphatic hydroxyl groups excluding tert-OH is 1. The van der Waals surface area contributed by atoms with Crippen molar-refractivity contribution in [2.24, 2.45) is 0 Å². The number of aryl methyl sites for hydroxylation is 1. The molecule has 27 heavy (non-hydrogen) atoms. The van der Waals surface area contributed by atoms with Crippen molar-refractivity contribution in [2.75, 3.05) is 32.8 Å². The van der Waals surface area contributed by atoms with Gasteiger partial charge in [-0.3, -0.25) is 14.6 Å². The number of fused-ring (bicyclic) bond motifs is 3. The number of aliphatic hydroxyl groups is 1. The molecule has 2 aromatic rings. The number of pyridine rings is 1. The monoisotopic (exact) mass is 366 g/mol. The smallest absolute Gasteiger partial charge is 1.00 e. The summed E-state index contributed by atoms with van der Waals surface area (Å²) in [7, 11) is 0. The maximum absolute atomic E-state index is 11.9. The number of morpholine rings is 1. The van der Waals surface area contributed by atoms with Crippen LogP contribution in [0.1, 0.15) is 23.0 Å². The van der Waals surface area contributed by atoms with Crippen molar-refractivity contribution in [3.63, 3.8) is 0 Å². The van der Waals surface area contributed by atoms with Crippen LogP contribution in [0.2, 0.25) is 0 Å². The second-order valence-electron chi connectivity index (χ2n) is 6.76. The molecule has 0 amide bonds. The summed E-state index contributed by atoms with van der Waals surface area (Å²) in [6, 6.07) is 1.88. The number of carboxylic acids is 1. The summed E-state index contributed by atoms with van der Waals surface area (Å²) >= 11 is 0. The summed E-state index contributed by atoms with van der Waals surface area (Å²) in [5.41, 5.74) is 3.64. The van der Waals surface area contributed by atoms with Gasteiger partial charge in [0.15, 0.2) is 0 Å². The van der Waals surface area contributed by atoms with Crippen molar-refractivity contribution < 1.29 is 40.0 Å². The zero-order valence-electron chi connectivity index (χ0n) is 16.5. The number of aromatic nitrogens is 3. The molecular weight excluding hydrogens is 343 g/mol. The minimum atomic E-state index is -1.00. The zero-order valence-corrected chi connectivity index (χ0v) is 15.5. The summed E-state index contributed by atoms with van der Waals surface area (Å²) in [4.78, 5) is 18.1. The molecule has 1 aliphatic carbocycles. The molecule has 0 bridgehead atoms. The molecule has 4 rings (SSSR count). The molecule has 0 saturated carbocycles. The van der Waals surface area contributed by atoms with Crippen molar-refractivity contribution in [3.8, 4) is 11.3 Å². The molecule has 2 N–H and O–H groups in total. The largest absolute Gasteiger partial charge is 1.00 e. The zero-order chi connectivity index (χ0) is 18.1. The van der Waals surface area contributed by atoms with Gasteiger partial charge in [-0.2, -0.15) is 5.10 Å². The van der Waals surface area contributed by atoms with Gasteiger partial charge in [0.05, 0.1) is 31.6 Å². The molecule has 1 unspecified atom stereocenters. The van der Waals surface area contributed by atoms with Crippen molar-refractivity contribution >= 4 is 5.97 Å². The molecule has 8 nitrogen and oxygen atoms in total. The summed E-state index contributed by atoms with van der Waals surface area (Å²) in [5.74, 6) is -1.00. The minimum absolute atomic E-state index is 0. The van der Waals surface area contributed by atoms with Gasteiger partial charge in [-0.05, 0) is 24.5 Å². The first-order chi connectivity index (χ1) is 12.6. The van der Waals surface area contributed by atoms with Crippen LogP contribution in [-0.2, 0) is 24.1 Å². The first kappa shape index (κ1) is 20.1. The maximum atomic E-state index is 11.9. The van der Waals surface area contributed by atoms with Crippen LogP contribution in [0.4, 0.5) is 0 Å². The number of hydrogen-bond acceptors (Lipinski definition) is 6. The third-order valence-electron chi connectivity index (χ3n) is 5.01. The van der Waals surface area contributed by atoms with E-state index in [4.69, 9.17) is 4.74 Å². The van der Waals surface area contributed by atoms with Crippen LogP contribution in [0.15, 0.2) is 18.5 Å². The van der Waals surface area contributed by atoms with Crippen molar-refractivity contribution in [3.05, 3.63) is 35.3 Å². The SMILES string of the molecule is O=C(O)c1c2c(nn1CC(O)CN1CCOCC1)-c1ccncc1CC2.[H-].[Li+]. The fraction of sp³-hybridized carbons (Fsp3) is 0.500. The number of hydrogen-bond donors (Lipinski definition) is 2. The predicted molar refractivity (Wildman–Crippen MR) is 94.2 cm³/mol. The number of nitrogens with zero attached hydrogens (tertiary/aromatic N) is 4. The van der Waals surface area contributed by atoms with Gasteiger partial charge in [-0.25, -0.2) is 4.79 Å². The van der Waals surface area contributed by atoms with E-state index in [1.54, 1.807) is 6.20 Å². The van der Waals surface area contributed by atoms with Crippen LogP contribution in [0, 0.1) is 0 Å². The van der Waals surface area contributed by atoms with Crippen LogP contribution in [-0.4, -0.2) is 74.8 Å². The summed E-state index contributed by atoms with van der Waals surface area (Å²) in [6.07, 6.45) is 4.18. The van der Waals surface area contributed by atoms with E-state index in [1.165, 1.54) is 4.68 Å². The van der Waals surface area contributed by atoms with E-state index in [2.05, 4.69) is 15.0 Å². The number of β-amino-alcohol motifs (C(OH)–C–C–N with tert-alkyl or cyclic N) is 1. The van der Waals surface area contributed by atoms with Crippen molar-refractivity contribution in [1.29, 1.82) is 0 Å². The molecule has 9 heteroatoms. The Morgan fingerprint density at radius 3 is 2.81 bits per heavy atom. The van der Waals surface area contributed by atoms with E-state index in [1.807, 2.05) is 12.3 Å². The van der Waals surface area contributed by atoms with Crippen molar-refractivity contribution in [2.45, 2.75) is 25.5 Å². The average Bonchev–Trinajstić information content (AvgIpc) is 3.01. The molecule has 140 valence electrons. The average molecular weight is 366 g/mol. The van der Waals surface area contributed by atoms with Gasteiger partial charge in [0.1, 0.15) is 5.69 Å². The van der Waals surface area contributed by atoms with Crippen molar-refractivity contribution in [1.82, 2.24) is 19.7 Å². The Labute approximate surface area is 170 Å². The van der Waals surface area contributed by atoms with E-state index < -0.39 is 12.1 Å². The number of rotatable bonds is 5. The standard InChI is InChI=1S/C18H22N4O4.Li.H/c23-13(10-21-5-7-26-8-6-21)11-22-17(18(24)25)15-2-1-12-9-19-4-3-14(12)16(15)20-22;;/h3-4,9,13,23H,1-2,5-8,10-11H2,(H,24,25);;/q;+1;-1. The van der Waals surface area contributed by atoms with Gasteiger partial charge in [-0.15, -0.1) is 0 Å². The van der Waals surface area contributed by atoms with E-state index in [9.17, 15) is 15.0 Å². The molecule has 1 aliphatic heterocycles. The van der Waals surface area contributed by atoms with E-state index in [-0.39, 0.29) is 32.5 Å². The first-order valence-corrected chi connectivity index (χ1v) is 8.88. The van der Waals surface area contributed by atoms with Crippen LogP contribution in [0.3, 0.4) is 0 Å². The third kappa shape index (κ3) is 4.10. The Morgan fingerprint density at radius 2 is 2.07 bits per heavy atom. The first-order valence-electron chi connectivity index (χ1n) is 8.88. The van der Waals surface area contributed by atoms with Gasteiger partial charge in [-0.1, -0.05) is 0 Å². The van der Waals surface area contributed by atoms with Gasteiger partial charge < -0.3 is 16.4 Å². The maximum Gasteiger partial charge on any atom is 1.00 e. The molecule has 3 heterocycles. The molecule has 0 spiro atoms. The van der Waals surface area contributed by atoms with Crippen LogP contribution in [0.5, 0.6) is 0 Å². The Morgan fingerprint density at radius 1 is 1.30 bits per heavy atom. The summed E-state index contributed by atoms with van der Waals surface area (Å²) < 4.78 is 6.77. The van der Waals surface area contributed by atoms with Gasteiger partial charge in [0, 0.05) is 43.2 Å². The van der Waals surface area contributed by atoms with E-state index in [0.717, 1.165) is 36.2 Å². The van der Waals surface area contributed by atoms with Gasteiger partial charge >= 0.3 is 24.8 Å². The molecular formula is C18H23LiN4O4. The Balaban J connectivity index is 0.00000140. The summed E-state index contributed by atoms with van der Waals surface area (Å²) in [6.45, 7) is 3.51. The summed E-state index contributed by atoms with van der Waals surface area (Å²) in [5, 5.41) is 24.7. The normalized spacial score (nSPS) is 17.5. The van der Waals surface area contributed by atoms with E-state index in [0.29, 0.717) is 31.9 Å². The minimum Gasteiger partial charge on any atom is -1.00 e. The third-order valence-corrected chi connectivity index (χ3v) is 5.01. The molecule has 1 fully saturated rings. The van der Waals surface area contributed by atoms with Crippen LogP contribution in [0.25, 0.3) is 11.3 Å². The molecule has 0 aromatic carbocycles. The molecule has 1 atom stereocenters. The Kier molecular flexibility index (Phi) is 6.35.